The summed E-state index contributed by atoms with van der Waals surface area (Å²) in [6.07, 6.45) is 3.35. The van der Waals surface area contributed by atoms with Crippen molar-refractivity contribution in [1.29, 1.82) is 0 Å². The number of urea groups is 1. The third-order valence-electron chi connectivity index (χ3n) is 3.76. The number of ether oxygens (including phenoxy) is 1. The van der Waals surface area contributed by atoms with Crippen LogP contribution in [0.4, 0.5) is 10.6 Å². The maximum absolute atomic E-state index is 11.9. The summed E-state index contributed by atoms with van der Waals surface area (Å²) in [5.74, 6) is -0.206. The number of methoxy groups -OCH3 is 1. The van der Waals surface area contributed by atoms with Crippen LogP contribution in [0.5, 0.6) is 0 Å². The first-order valence-corrected chi connectivity index (χ1v) is 7.90. The maximum Gasteiger partial charge on any atom is 0.328 e. The Bertz CT molecular complexity index is 968. The average molecular weight is 354 g/mol. The second-order valence-corrected chi connectivity index (χ2v) is 5.72. The van der Waals surface area contributed by atoms with Crippen molar-refractivity contribution in [3.8, 4) is 11.3 Å². The lowest BCUT2D eigenvalue weighted by atomic mass is 10.1. The highest BCUT2D eigenvalue weighted by molar-refractivity contribution is 5.96. The Morgan fingerprint density at radius 1 is 1.27 bits per heavy atom. The van der Waals surface area contributed by atoms with Gasteiger partial charge in [0.15, 0.2) is 0 Å². The van der Waals surface area contributed by atoms with E-state index >= 15 is 0 Å². The molecule has 134 valence electrons. The molecule has 0 spiro atoms. The lowest BCUT2D eigenvalue weighted by molar-refractivity contribution is -0.142. The van der Waals surface area contributed by atoms with Gasteiger partial charge < -0.3 is 10.1 Å². The molecule has 3 aromatic heterocycles. The molecule has 0 radical (unpaired) electrons. The van der Waals surface area contributed by atoms with Gasteiger partial charge in [-0.2, -0.15) is 5.10 Å². The number of pyridine rings is 2. The van der Waals surface area contributed by atoms with E-state index in [1.807, 2.05) is 19.1 Å². The Morgan fingerprint density at radius 3 is 2.81 bits per heavy atom. The fraction of sp³-hybridized carbons (Fsp3) is 0.235. The molecule has 9 nitrogen and oxygen atoms in total. The van der Waals surface area contributed by atoms with Crippen LogP contribution in [0.15, 0.2) is 30.6 Å². The molecule has 3 N–H and O–H groups in total. The molecule has 0 aliphatic rings. The van der Waals surface area contributed by atoms with Crippen LogP contribution in [0.2, 0.25) is 0 Å². The van der Waals surface area contributed by atoms with Gasteiger partial charge in [0.2, 0.25) is 0 Å². The summed E-state index contributed by atoms with van der Waals surface area (Å²) < 4.78 is 4.56. The van der Waals surface area contributed by atoms with Gasteiger partial charge in [0.1, 0.15) is 17.6 Å². The number of nitrogens with zero attached hydrogens (tertiary/aromatic N) is 3. The number of fused-ring (bicyclic) bond motifs is 1. The summed E-state index contributed by atoms with van der Waals surface area (Å²) in [5.41, 5.74) is 3.30. The second kappa shape index (κ2) is 7.18. The molecule has 0 aromatic carbocycles. The number of hydrogen-bond acceptors (Lipinski definition) is 6. The van der Waals surface area contributed by atoms with E-state index in [1.165, 1.54) is 14.0 Å². The number of carbonyl (C=O) groups excluding carboxylic acids is 2. The summed E-state index contributed by atoms with van der Waals surface area (Å²) in [5, 5.41) is 13.1. The lowest BCUT2D eigenvalue weighted by Gasteiger charge is -2.12. The molecule has 0 bridgehead atoms. The number of amides is 2. The molecule has 3 aromatic rings. The SMILES string of the molecule is COC(=O)[C@H](C)NC(=O)Nc1cc2[nH]nc(-c3ccnc(C)c3)c2cn1. The largest absolute Gasteiger partial charge is 0.467 e. The van der Waals surface area contributed by atoms with Crippen molar-refractivity contribution in [3.63, 3.8) is 0 Å². The summed E-state index contributed by atoms with van der Waals surface area (Å²) in [6, 6.07) is 4.15. The number of aryl methyl sites for hydroxylation is 1. The number of carbonyl (C=O) groups is 2. The van der Waals surface area contributed by atoms with Crippen LogP contribution in [0.25, 0.3) is 22.2 Å². The van der Waals surface area contributed by atoms with Gasteiger partial charge in [-0.15, -0.1) is 0 Å². The van der Waals surface area contributed by atoms with Crippen LogP contribution < -0.4 is 10.6 Å². The molecule has 3 rings (SSSR count). The highest BCUT2D eigenvalue weighted by Crippen LogP contribution is 2.26. The Morgan fingerprint density at radius 2 is 2.08 bits per heavy atom. The molecular formula is C17H18N6O3. The number of nitrogens with one attached hydrogen (secondary N) is 3. The summed E-state index contributed by atoms with van der Waals surface area (Å²) in [7, 11) is 1.26. The van der Waals surface area contributed by atoms with Gasteiger partial charge in [-0.3, -0.25) is 15.4 Å². The van der Waals surface area contributed by atoms with Crippen LogP contribution in [0.1, 0.15) is 12.6 Å². The zero-order chi connectivity index (χ0) is 18.7. The van der Waals surface area contributed by atoms with E-state index in [9.17, 15) is 9.59 Å². The molecule has 2 amide bonds. The third kappa shape index (κ3) is 3.61. The predicted molar refractivity (Wildman–Crippen MR) is 95.5 cm³/mol. The van der Waals surface area contributed by atoms with Crippen LogP contribution in [0, 0.1) is 6.92 Å². The summed E-state index contributed by atoms with van der Waals surface area (Å²) in [6.45, 7) is 3.44. The molecule has 26 heavy (non-hydrogen) atoms. The number of aromatic nitrogens is 4. The summed E-state index contributed by atoms with van der Waals surface area (Å²) >= 11 is 0. The Labute approximate surface area is 149 Å². The van der Waals surface area contributed by atoms with Crippen molar-refractivity contribution >= 4 is 28.7 Å². The second-order valence-electron chi connectivity index (χ2n) is 5.72. The van der Waals surface area contributed by atoms with Gasteiger partial charge in [0, 0.05) is 35.1 Å². The number of rotatable bonds is 4. The minimum atomic E-state index is -0.766. The highest BCUT2D eigenvalue weighted by atomic mass is 16.5. The van der Waals surface area contributed by atoms with Gasteiger partial charge >= 0.3 is 12.0 Å². The zero-order valence-electron chi connectivity index (χ0n) is 14.5. The van der Waals surface area contributed by atoms with Gasteiger partial charge in [-0.25, -0.2) is 14.6 Å². The molecule has 1 atom stereocenters. The highest BCUT2D eigenvalue weighted by Gasteiger charge is 2.16. The fourth-order valence-electron chi connectivity index (χ4n) is 2.48. The van der Waals surface area contributed by atoms with Crippen LogP contribution in [-0.2, 0) is 9.53 Å². The standard InChI is InChI=1S/C17H18N6O3/c1-9-6-11(4-5-18-9)15-12-8-19-14(7-13(12)22-23-15)21-17(25)20-10(2)16(24)26-3/h4-8,10H,1-3H3,(H,22,23)(H2,19,20,21,25)/t10-/m0/s1. The first-order chi connectivity index (χ1) is 12.5. The van der Waals surface area contributed by atoms with Crippen LogP contribution in [-0.4, -0.2) is 45.3 Å². The first-order valence-electron chi connectivity index (χ1n) is 7.90. The van der Waals surface area contributed by atoms with Crippen LogP contribution in [0.3, 0.4) is 0 Å². The molecule has 0 aliphatic carbocycles. The summed E-state index contributed by atoms with van der Waals surface area (Å²) in [4.78, 5) is 31.7. The molecule has 3 heterocycles. The van der Waals surface area contributed by atoms with Crippen molar-refractivity contribution in [1.82, 2.24) is 25.5 Å². The average Bonchev–Trinajstić information content (AvgIpc) is 3.04. The van der Waals surface area contributed by atoms with Crippen molar-refractivity contribution in [2.45, 2.75) is 19.9 Å². The Balaban J connectivity index is 1.78. The minimum Gasteiger partial charge on any atom is -0.467 e. The maximum atomic E-state index is 11.9. The monoisotopic (exact) mass is 354 g/mol. The van der Waals surface area contributed by atoms with Crippen molar-refractivity contribution in [2.24, 2.45) is 0 Å². The van der Waals surface area contributed by atoms with E-state index in [-0.39, 0.29) is 0 Å². The molecule has 0 unspecified atom stereocenters. The van der Waals surface area contributed by atoms with E-state index in [1.54, 1.807) is 18.5 Å². The topological polar surface area (TPSA) is 122 Å². The number of hydrogen-bond donors (Lipinski definition) is 3. The zero-order valence-corrected chi connectivity index (χ0v) is 14.5. The number of H-pyrrole nitrogens is 1. The van der Waals surface area contributed by atoms with Gasteiger partial charge in [-0.05, 0) is 26.0 Å². The Hall–Kier alpha value is -3.49. The number of anilines is 1. The van der Waals surface area contributed by atoms with E-state index in [4.69, 9.17) is 0 Å². The molecule has 0 fully saturated rings. The van der Waals surface area contributed by atoms with Crippen molar-refractivity contribution < 1.29 is 14.3 Å². The predicted octanol–water partition coefficient (Wildman–Crippen LogP) is 2.01. The van der Waals surface area contributed by atoms with E-state index in [2.05, 4.69) is 35.5 Å². The molecular weight excluding hydrogens is 336 g/mol. The number of aromatic amines is 1. The van der Waals surface area contributed by atoms with Crippen LogP contribution >= 0.6 is 0 Å². The van der Waals surface area contributed by atoms with E-state index in [0.29, 0.717) is 5.82 Å². The normalized spacial score (nSPS) is 11.8. The Kier molecular flexibility index (Phi) is 4.78. The van der Waals surface area contributed by atoms with E-state index in [0.717, 1.165) is 27.9 Å². The quantitative estimate of drug-likeness (QED) is 0.616. The molecule has 0 aliphatic heterocycles. The van der Waals surface area contributed by atoms with Gasteiger partial charge in [0.05, 0.1) is 12.6 Å². The minimum absolute atomic E-state index is 0.327. The smallest absolute Gasteiger partial charge is 0.328 e. The molecule has 9 heteroatoms. The van der Waals surface area contributed by atoms with Gasteiger partial charge in [0.25, 0.3) is 0 Å². The molecule has 0 saturated heterocycles. The van der Waals surface area contributed by atoms with Crippen molar-refractivity contribution in [3.05, 3.63) is 36.3 Å². The number of esters is 1. The molecule has 0 saturated carbocycles. The van der Waals surface area contributed by atoms with E-state index < -0.39 is 18.0 Å². The third-order valence-corrected chi connectivity index (χ3v) is 3.76. The first kappa shape index (κ1) is 17.3. The van der Waals surface area contributed by atoms with Crippen molar-refractivity contribution in [2.75, 3.05) is 12.4 Å². The van der Waals surface area contributed by atoms with Gasteiger partial charge in [-0.1, -0.05) is 0 Å². The fourth-order valence-corrected chi connectivity index (χ4v) is 2.48. The lowest BCUT2D eigenvalue weighted by Crippen LogP contribution is -2.41.